The maximum Gasteiger partial charge on any atom is 0.126 e. The van der Waals surface area contributed by atoms with Gasteiger partial charge in [-0.1, -0.05) is 57.0 Å². The molecule has 0 aromatic heterocycles. The summed E-state index contributed by atoms with van der Waals surface area (Å²) in [5.41, 5.74) is 0.990. The molecule has 0 fully saturated rings. The zero-order valence-corrected chi connectivity index (χ0v) is 16.5. The molecule has 0 radical (unpaired) electrons. The van der Waals surface area contributed by atoms with E-state index in [1.165, 1.54) is 25.7 Å². The van der Waals surface area contributed by atoms with Crippen LogP contribution in [0, 0.1) is 0 Å². The van der Waals surface area contributed by atoms with Gasteiger partial charge in [-0.2, -0.15) is 0 Å². The molecule has 1 N–H and O–H groups in total. The molecule has 2 rings (SSSR count). The lowest BCUT2D eigenvalue weighted by molar-refractivity contribution is 0.112. The van der Waals surface area contributed by atoms with Gasteiger partial charge < -0.3 is 14.7 Å². The fraction of sp³-hybridized carbons (Fsp3) is 0.524. The lowest BCUT2D eigenvalue weighted by Crippen LogP contribution is -2.30. The van der Waals surface area contributed by atoms with Gasteiger partial charge in [0.15, 0.2) is 0 Å². The van der Waals surface area contributed by atoms with E-state index >= 15 is 0 Å². The van der Waals surface area contributed by atoms with E-state index in [0.29, 0.717) is 6.54 Å². The van der Waals surface area contributed by atoms with E-state index in [0.717, 1.165) is 35.2 Å². The van der Waals surface area contributed by atoms with Crippen molar-refractivity contribution in [3.8, 4) is 5.75 Å². The smallest absolute Gasteiger partial charge is 0.126 e. The Labute approximate surface area is 158 Å². The second kappa shape index (κ2) is 11.3. The number of benzene rings is 2. The van der Waals surface area contributed by atoms with Crippen LogP contribution in [-0.4, -0.2) is 36.8 Å². The minimum atomic E-state index is -0.477. The summed E-state index contributed by atoms with van der Waals surface area (Å²) in [4.78, 5) is 2.40. The quantitative estimate of drug-likeness (QED) is 0.627. The molecule has 0 saturated carbocycles. The standard InChI is InChI=1S/C21H31NO2.ClH/c1-4-6-14-22(15-7-5-2)16-20(23)18-12-13-21(24-3)19-11-9-8-10-17(18)19;/h8-13,20,23H,4-7,14-16H2,1-3H3;1H. The third-order valence-electron chi connectivity index (χ3n) is 4.58. The van der Waals surface area contributed by atoms with Gasteiger partial charge in [-0.05, 0) is 42.9 Å². The summed E-state index contributed by atoms with van der Waals surface area (Å²) in [7, 11) is 1.69. The SMILES string of the molecule is CCCCN(CCCC)CC(O)c1ccc(OC)c2ccccc12.Cl. The van der Waals surface area contributed by atoms with Crippen molar-refractivity contribution >= 4 is 23.2 Å². The summed E-state index contributed by atoms with van der Waals surface area (Å²) in [5, 5.41) is 13.0. The van der Waals surface area contributed by atoms with E-state index in [4.69, 9.17) is 4.74 Å². The van der Waals surface area contributed by atoms with E-state index in [2.05, 4.69) is 30.9 Å². The van der Waals surface area contributed by atoms with Crippen LogP contribution in [0.1, 0.15) is 51.2 Å². The van der Waals surface area contributed by atoms with Crippen molar-refractivity contribution in [3.05, 3.63) is 42.0 Å². The van der Waals surface area contributed by atoms with E-state index in [9.17, 15) is 5.11 Å². The summed E-state index contributed by atoms with van der Waals surface area (Å²) in [5.74, 6) is 0.857. The molecule has 0 aliphatic rings. The minimum absolute atomic E-state index is 0. The number of unbranched alkanes of at least 4 members (excludes halogenated alkanes) is 2. The van der Waals surface area contributed by atoms with Gasteiger partial charge in [0.1, 0.15) is 5.75 Å². The van der Waals surface area contributed by atoms with Crippen LogP contribution in [0.4, 0.5) is 0 Å². The molecule has 1 atom stereocenters. The maximum absolute atomic E-state index is 10.9. The van der Waals surface area contributed by atoms with Crippen LogP contribution in [0.5, 0.6) is 5.75 Å². The van der Waals surface area contributed by atoms with Crippen molar-refractivity contribution in [2.75, 3.05) is 26.7 Å². The number of halogens is 1. The largest absolute Gasteiger partial charge is 0.496 e. The number of hydrogen-bond acceptors (Lipinski definition) is 3. The molecule has 0 amide bonds. The van der Waals surface area contributed by atoms with E-state index < -0.39 is 6.10 Å². The Morgan fingerprint density at radius 2 is 1.56 bits per heavy atom. The zero-order chi connectivity index (χ0) is 17.4. The van der Waals surface area contributed by atoms with E-state index in [1.807, 2.05) is 24.3 Å². The molecule has 25 heavy (non-hydrogen) atoms. The molecule has 1 unspecified atom stereocenters. The number of aliphatic hydroxyl groups excluding tert-OH is 1. The van der Waals surface area contributed by atoms with Gasteiger partial charge in [0.2, 0.25) is 0 Å². The summed E-state index contributed by atoms with van der Waals surface area (Å²) in [6, 6.07) is 12.1. The molecule has 2 aromatic rings. The van der Waals surface area contributed by atoms with Gasteiger partial charge in [0.05, 0.1) is 13.2 Å². The van der Waals surface area contributed by atoms with Crippen molar-refractivity contribution in [2.45, 2.75) is 45.6 Å². The molecule has 2 aromatic carbocycles. The highest BCUT2D eigenvalue weighted by Gasteiger charge is 2.16. The first-order chi connectivity index (χ1) is 11.7. The lowest BCUT2D eigenvalue weighted by atomic mass is 9.99. The molecule has 0 bridgehead atoms. The Kier molecular flexibility index (Phi) is 9.88. The third-order valence-corrected chi connectivity index (χ3v) is 4.58. The topological polar surface area (TPSA) is 32.7 Å². The number of methoxy groups -OCH3 is 1. The molecular weight excluding hydrogens is 334 g/mol. The lowest BCUT2D eigenvalue weighted by Gasteiger charge is -2.26. The van der Waals surface area contributed by atoms with Crippen LogP contribution in [0.25, 0.3) is 10.8 Å². The predicted molar refractivity (Wildman–Crippen MR) is 109 cm³/mol. The number of hydrogen-bond donors (Lipinski definition) is 1. The van der Waals surface area contributed by atoms with Crippen LogP contribution in [0.2, 0.25) is 0 Å². The molecule has 0 heterocycles. The van der Waals surface area contributed by atoms with Crippen molar-refractivity contribution < 1.29 is 9.84 Å². The average Bonchev–Trinajstić information content (AvgIpc) is 2.62. The van der Waals surface area contributed by atoms with Crippen LogP contribution in [0.15, 0.2) is 36.4 Å². The second-order valence-electron chi connectivity index (χ2n) is 6.43. The third kappa shape index (κ3) is 5.88. The first-order valence-corrected chi connectivity index (χ1v) is 9.17. The number of ether oxygens (including phenoxy) is 1. The molecule has 0 saturated heterocycles. The molecular formula is C21H32ClNO2. The van der Waals surface area contributed by atoms with Crippen LogP contribution in [0.3, 0.4) is 0 Å². The van der Waals surface area contributed by atoms with Crippen molar-refractivity contribution in [1.82, 2.24) is 4.90 Å². The highest BCUT2D eigenvalue weighted by Crippen LogP contribution is 2.31. The summed E-state index contributed by atoms with van der Waals surface area (Å²) in [6.07, 6.45) is 4.25. The Bertz CT molecular complexity index is 624. The van der Waals surface area contributed by atoms with Crippen LogP contribution in [-0.2, 0) is 0 Å². The Balaban J connectivity index is 0.00000312. The number of rotatable bonds is 10. The number of fused-ring (bicyclic) bond motifs is 1. The van der Waals surface area contributed by atoms with Gasteiger partial charge in [-0.3, -0.25) is 0 Å². The van der Waals surface area contributed by atoms with Gasteiger partial charge in [-0.15, -0.1) is 12.4 Å². The van der Waals surface area contributed by atoms with Gasteiger partial charge >= 0.3 is 0 Å². The molecule has 140 valence electrons. The summed E-state index contributed by atoms with van der Waals surface area (Å²) >= 11 is 0. The molecule has 0 aliphatic carbocycles. The highest BCUT2D eigenvalue weighted by atomic mass is 35.5. The normalized spacial score (nSPS) is 12.2. The van der Waals surface area contributed by atoms with Crippen LogP contribution < -0.4 is 4.74 Å². The second-order valence-corrected chi connectivity index (χ2v) is 6.43. The van der Waals surface area contributed by atoms with Crippen LogP contribution >= 0.6 is 12.4 Å². The Morgan fingerprint density at radius 1 is 0.960 bits per heavy atom. The van der Waals surface area contributed by atoms with E-state index in [1.54, 1.807) is 7.11 Å². The molecule has 3 nitrogen and oxygen atoms in total. The first-order valence-electron chi connectivity index (χ1n) is 9.17. The fourth-order valence-electron chi connectivity index (χ4n) is 3.16. The maximum atomic E-state index is 10.9. The average molecular weight is 366 g/mol. The zero-order valence-electron chi connectivity index (χ0n) is 15.7. The van der Waals surface area contributed by atoms with Gasteiger partial charge in [0, 0.05) is 11.9 Å². The van der Waals surface area contributed by atoms with Crippen molar-refractivity contribution in [1.29, 1.82) is 0 Å². The van der Waals surface area contributed by atoms with Gasteiger partial charge in [-0.25, -0.2) is 0 Å². The summed E-state index contributed by atoms with van der Waals surface area (Å²) in [6.45, 7) is 7.23. The Morgan fingerprint density at radius 3 is 2.12 bits per heavy atom. The summed E-state index contributed by atoms with van der Waals surface area (Å²) < 4.78 is 5.46. The monoisotopic (exact) mass is 365 g/mol. The number of nitrogens with zero attached hydrogens (tertiary/aromatic N) is 1. The van der Waals surface area contributed by atoms with Gasteiger partial charge in [0.25, 0.3) is 0 Å². The Hall–Kier alpha value is -1.29. The first kappa shape index (κ1) is 21.8. The van der Waals surface area contributed by atoms with Crippen molar-refractivity contribution in [2.24, 2.45) is 0 Å². The number of aliphatic hydroxyl groups is 1. The minimum Gasteiger partial charge on any atom is -0.496 e. The molecule has 0 aliphatic heterocycles. The highest BCUT2D eigenvalue weighted by molar-refractivity contribution is 5.91. The molecule has 0 spiro atoms. The van der Waals surface area contributed by atoms with E-state index in [-0.39, 0.29) is 12.4 Å². The van der Waals surface area contributed by atoms with Crippen molar-refractivity contribution in [3.63, 3.8) is 0 Å². The molecule has 4 heteroatoms. The fourth-order valence-corrected chi connectivity index (χ4v) is 3.16. The predicted octanol–water partition coefficient (Wildman–Crippen LogP) is 5.21.